The summed E-state index contributed by atoms with van der Waals surface area (Å²) < 4.78 is 5.19. The van der Waals surface area contributed by atoms with Crippen molar-refractivity contribution in [1.82, 2.24) is 0 Å². The zero-order valence-electron chi connectivity index (χ0n) is 14.4. The maximum atomic E-state index is 12.8. The first kappa shape index (κ1) is 17.1. The number of hydrogen-bond acceptors (Lipinski definition) is 3. The first-order chi connectivity index (χ1) is 10.8. The maximum Gasteiger partial charge on any atom is 0.193 e. The molecule has 3 nitrogen and oxygen atoms in total. The van der Waals surface area contributed by atoms with Crippen molar-refractivity contribution >= 4 is 5.78 Å². The van der Waals surface area contributed by atoms with Gasteiger partial charge in [0.15, 0.2) is 5.78 Å². The lowest BCUT2D eigenvalue weighted by Crippen LogP contribution is -2.06. The molecule has 0 amide bonds. The van der Waals surface area contributed by atoms with Crippen LogP contribution in [0.4, 0.5) is 0 Å². The van der Waals surface area contributed by atoms with Gasteiger partial charge < -0.3 is 9.84 Å². The Balaban J connectivity index is 2.55. The van der Waals surface area contributed by atoms with E-state index in [1.165, 1.54) is 0 Å². The normalized spacial score (nSPS) is 11.1. The average Bonchev–Trinajstić information content (AvgIpc) is 2.53. The van der Waals surface area contributed by atoms with Crippen LogP contribution in [0.1, 0.15) is 66.6 Å². The predicted octanol–water partition coefficient (Wildman–Crippen LogP) is 4.88. The summed E-state index contributed by atoms with van der Waals surface area (Å²) in [5.74, 6) is 1.18. The zero-order chi connectivity index (χ0) is 17.1. The van der Waals surface area contributed by atoms with Crippen molar-refractivity contribution in [1.29, 1.82) is 0 Å². The van der Waals surface area contributed by atoms with Crippen LogP contribution in [0.3, 0.4) is 0 Å². The van der Waals surface area contributed by atoms with Gasteiger partial charge in [-0.3, -0.25) is 4.79 Å². The Bertz CT molecular complexity index is 686. The van der Waals surface area contributed by atoms with Gasteiger partial charge in [0.05, 0.1) is 7.11 Å². The molecule has 0 aliphatic carbocycles. The summed E-state index contributed by atoms with van der Waals surface area (Å²) in [4.78, 5) is 12.8. The van der Waals surface area contributed by atoms with E-state index in [0.717, 1.165) is 11.1 Å². The van der Waals surface area contributed by atoms with Crippen LogP contribution in [0.25, 0.3) is 0 Å². The summed E-state index contributed by atoms with van der Waals surface area (Å²) in [7, 11) is 1.58. The van der Waals surface area contributed by atoms with Crippen LogP contribution < -0.4 is 4.74 Å². The van der Waals surface area contributed by atoms with E-state index in [-0.39, 0.29) is 17.6 Å². The number of ketones is 1. The van der Waals surface area contributed by atoms with E-state index in [4.69, 9.17) is 4.74 Å². The number of hydrogen-bond donors (Lipinski definition) is 1. The molecule has 0 radical (unpaired) electrons. The van der Waals surface area contributed by atoms with E-state index in [9.17, 15) is 9.90 Å². The summed E-state index contributed by atoms with van der Waals surface area (Å²) in [5.41, 5.74) is 2.80. The Labute approximate surface area is 137 Å². The molecular formula is C20H24O3. The highest BCUT2D eigenvalue weighted by Gasteiger charge is 2.19. The van der Waals surface area contributed by atoms with E-state index in [1.54, 1.807) is 37.4 Å². The number of phenols is 1. The van der Waals surface area contributed by atoms with E-state index < -0.39 is 0 Å². The van der Waals surface area contributed by atoms with Gasteiger partial charge in [0.25, 0.3) is 0 Å². The summed E-state index contributed by atoms with van der Waals surface area (Å²) in [6, 6.07) is 10.7. The molecule has 0 heterocycles. The largest absolute Gasteiger partial charge is 0.507 e. The molecule has 122 valence electrons. The third-order valence-electron chi connectivity index (χ3n) is 4.01. The van der Waals surface area contributed by atoms with Crippen molar-refractivity contribution < 1.29 is 14.6 Å². The third-order valence-corrected chi connectivity index (χ3v) is 4.01. The van der Waals surface area contributed by atoms with Crippen LogP contribution >= 0.6 is 0 Å². The van der Waals surface area contributed by atoms with Gasteiger partial charge in [-0.25, -0.2) is 0 Å². The smallest absolute Gasteiger partial charge is 0.193 e. The second-order valence-corrected chi connectivity index (χ2v) is 6.37. The van der Waals surface area contributed by atoms with Crippen molar-refractivity contribution in [3.63, 3.8) is 0 Å². The monoisotopic (exact) mass is 312 g/mol. The van der Waals surface area contributed by atoms with Crippen LogP contribution in [0.15, 0.2) is 36.4 Å². The molecule has 0 saturated heterocycles. The SMILES string of the molecule is COc1cccc(C(=O)c2cc(C(C)C)c(O)c(C(C)C)c2)c1. The predicted molar refractivity (Wildman–Crippen MR) is 92.7 cm³/mol. The van der Waals surface area contributed by atoms with Crippen LogP contribution in [0, 0.1) is 0 Å². The molecular weight excluding hydrogens is 288 g/mol. The highest BCUT2D eigenvalue weighted by atomic mass is 16.5. The maximum absolute atomic E-state index is 12.8. The topological polar surface area (TPSA) is 46.5 Å². The molecule has 0 unspecified atom stereocenters. The van der Waals surface area contributed by atoms with Gasteiger partial charge in [-0.15, -0.1) is 0 Å². The quantitative estimate of drug-likeness (QED) is 0.800. The van der Waals surface area contributed by atoms with Crippen molar-refractivity contribution in [3.8, 4) is 11.5 Å². The molecule has 1 N–H and O–H groups in total. The molecule has 2 aromatic rings. The van der Waals surface area contributed by atoms with Crippen LogP contribution in [-0.2, 0) is 0 Å². The highest BCUT2D eigenvalue weighted by molar-refractivity contribution is 6.09. The van der Waals surface area contributed by atoms with E-state index in [0.29, 0.717) is 22.6 Å². The second-order valence-electron chi connectivity index (χ2n) is 6.37. The van der Waals surface area contributed by atoms with Crippen molar-refractivity contribution in [2.75, 3.05) is 7.11 Å². The molecule has 3 heteroatoms. The molecule has 2 rings (SSSR count). The first-order valence-corrected chi connectivity index (χ1v) is 7.90. The van der Waals surface area contributed by atoms with Gasteiger partial charge in [-0.2, -0.15) is 0 Å². The van der Waals surface area contributed by atoms with Gasteiger partial charge in [0.1, 0.15) is 11.5 Å². The number of carbonyl (C=O) groups excluding carboxylic acids is 1. The molecule has 0 aromatic heterocycles. The Morgan fingerprint density at radius 2 is 1.52 bits per heavy atom. The van der Waals surface area contributed by atoms with Gasteiger partial charge in [-0.05, 0) is 47.2 Å². The fraction of sp³-hybridized carbons (Fsp3) is 0.350. The molecule has 0 aliphatic rings. The van der Waals surface area contributed by atoms with Crippen molar-refractivity contribution in [2.45, 2.75) is 39.5 Å². The molecule has 0 atom stereocenters. The molecule has 0 saturated carbocycles. The third kappa shape index (κ3) is 3.55. The lowest BCUT2D eigenvalue weighted by atomic mass is 9.89. The number of phenolic OH excluding ortho intramolecular Hbond substituents is 1. The lowest BCUT2D eigenvalue weighted by molar-refractivity contribution is 0.103. The van der Waals surface area contributed by atoms with E-state index in [1.807, 2.05) is 33.8 Å². The highest BCUT2D eigenvalue weighted by Crippen LogP contribution is 2.35. The number of carbonyl (C=O) groups is 1. The summed E-state index contributed by atoms with van der Waals surface area (Å²) in [5, 5.41) is 10.5. The van der Waals surface area contributed by atoms with Gasteiger partial charge in [-0.1, -0.05) is 39.8 Å². The summed E-state index contributed by atoms with van der Waals surface area (Å²) in [6.07, 6.45) is 0. The van der Waals surface area contributed by atoms with E-state index >= 15 is 0 Å². The van der Waals surface area contributed by atoms with E-state index in [2.05, 4.69) is 0 Å². The van der Waals surface area contributed by atoms with Crippen LogP contribution in [0.5, 0.6) is 11.5 Å². The Kier molecular flexibility index (Phi) is 5.09. The number of rotatable bonds is 5. The average molecular weight is 312 g/mol. The number of methoxy groups -OCH3 is 1. The summed E-state index contributed by atoms with van der Waals surface area (Å²) >= 11 is 0. The Hall–Kier alpha value is -2.29. The minimum Gasteiger partial charge on any atom is -0.507 e. The lowest BCUT2D eigenvalue weighted by Gasteiger charge is -2.17. The number of ether oxygens (including phenoxy) is 1. The minimum absolute atomic E-state index is 0.0623. The molecule has 0 aliphatic heterocycles. The van der Waals surface area contributed by atoms with Gasteiger partial charge >= 0.3 is 0 Å². The van der Waals surface area contributed by atoms with Gasteiger partial charge in [0, 0.05) is 11.1 Å². The van der Waals surface area contributed by atoms with Crippen LogP contribution in [0.2, 0.25) is 0 Å². The molecule has 0 spiro atoms. The molecule has 2 aromatic carbocycles. The Morgan fingerprint density at radius 3 is 2.00 bits per heavy atom. The molecule has 23 heavy (non-hydrogen) atoms. The van der Waals surface area contributed by atoms with Crippen molar-refractivity contribution in [2.24, 2.45) is 0 Å². The molecule has 0 bridgehead atoms. The fourth-order valence-corrected chi connectivity index (χ4v) is 2.62. The molecule has 0 fully saturated rings. The minimum atomic E-state index is -0.0623. The first-order valence-electron chi connectivity index (χ1n) is 7.90. The second kappa shape index (κ2) is 6.86. The van der Waals surface area contributed by atoms with Crippen molar-refractivity contribution in [3.05, 3.63) is 58.7 Å². The van der Waals surface area contributed by atoms with Gasteiger partial charge in [0.2, 0.25) is 0 Å². The van der Waals surface area contributed by atoms with Crippen LogP contribution in [-0.4, -0.2) is 18.0 Å². The summed E-state index contributed by atoms with van der Waals surface area (Å²) in [6.45, 7) is 8.05. The number of aromatic hydroxyl groups is 1. The number of benzene rings is 2. The fourth-order valence-electron chi connectivity index (χ4n) is 2.62. The Morgan fingerprint density at radius 1 is 0.957 bits per heavy atom. The standard InChI is InChI=1S/C20H24O3/c1-12(2)17-10-15(11-18(13(3)4)20(17)22)19(21)14-7-6-8-16(9-14)23-5/h6-13,22H,1-5H3. The zero-order valence-corrected chi connectivity index (χ0v) is 14.4.